The fourth-order valence-electron chi connectivity index (χ4n) is 3.32. The molecule has 158 valence electrons. The topological polar surface area (TPSA) is 139 Å². The van der Waals surface area contributed by atoms with Gasteiger partial charge in [-0.05, 0) is 30.7 Å². The van der Waals surface area contributed by atoms with E-state index in [9.17, 15) is 14.4 Å². The molecule has 4 N–H and O–H groups in total. The maximum atomic E-state index is 12.6. The Morgan fingerprint density at radius 2 is 2.06 bits per heavy atom. The van der Waals surface area contributed by atoms with Crippen LogP contribution in [0.25, 0.3) is 5.69 Å². The summed E-state index contributed by atoms with van der Waals surface area (Å²) in [6.07, 6.45) is 7.29. The number of amides is 3. The molecule has 3 heterocycles. The van der Waals surface area contributed by atoms with E-state index in [1.807, 2.05) is 12.1 Å². The van der Waals surface area contributed by atoms with Crippen molar-refractivity contribution in [1.29, 1.82) is 0 Å². The van der Waals surface area contributed by atoms with Gasteiger partial charge in [0, 0.05) is 31.4 Å². The zero-order chi connectivity index (χ0) is 21.8. The summed E-state index contributed by atoms with van der Waals surface area (Å²) in [5, 5.41) is 10.6. The number of rotatable bonds is 6. The average Bonchev–Trinajstić information content (AvgIpc) is 3.50. The molecule has 0 fully saturated rings. The van der Waals surface area contributed by atoms with Gasteiger partial charge in [-0.2, -0.15) is 0 Å². The molecule has 0 radical (unpaired) electrons. The molecule has 0 saturated carbocycles. The van der Waals surface area contributed by atoms with E-state index in [4.69, 9.17) is 5.73 Å². The molecule has 1 aliphatic heterocycles. The summed E-state index contributed by atoms with van der Waals surface area (Å²) in [6, 6.07) is 8.58. The van der Waals surface area contributed by atoms with Crippen LogP contribution in [0.4, 0.5) is 0 Å². The average molecular weight is 419 g/mol. The molecule has 10 heteroatoms. The first-order valence-corrected chi connectivity index (χ1v) is 9.71. The fraction of sp³-hybridized carbons (Fsp3) is 0.190. The Balaban J connectivity index is 1.32. The molecule has 4 rings (SSSR count). The van der Waals surface area contributed by atoms with Crippen molar-refractivity contribution in [2.75, 3.05) is 19.6 Å². The number of aromatic nitrogens is 4. The van der Waals surface area contributed by atoms with Crippen molar-refractivity contribution in [3.63, 3.8) is 0 Å². The quantitative estimate of drug-likeness (QED) is 0.510. The second kappa shape index (κ2) is 8.66. The van der Waals surface area contributed by atoms with Crippen LogP contribution in [0.1, 0.15) is 37.6 Å². The normalized spacial score (nSPS) is 13.5. The van der Waals surface area contributed by atoms with Crippen molar-refractivity contribution < 1.29 is 14.4 Å². The number of primary amides is 1. The van der Waals surface area contributed by atoms with Crippen molar-refractivity contribution in [2.45, 2.75) is 6.42 Å². The summed E-state index contributed by atoms with van der Waals surface area (Å²) in [6.45, 7) is 1.35. The second-order valence-corrected chi connectivity index (χ2v) is 7.11. The van der Waals surface area contributed by atoms with E-state index in [0.717, 1.165) is 11.3 Å². The van der Waals surface area contributed by atoms with Crippen molar-refractivity contribution in [3.8, 4) is 5.69 Å². The van der Waals surface area contributed by atoms with Crippen molar-refractivity contribution in [2.24, 2.45) is 5.73 Å². The Morgan fingerprint density at radius 3 is 2.74 bits per heavy atom. The molecule has 2 aromatic heterocycles. The van der Waals surface area contributed by atoms with Crippen molar-refractivity contribution >= 4 is 17.7 Å². The van der Waals surface area contributed by atoms with E-state index in [0.29, 0.717) is 37.3 Å². The number of nitrogens with two attached hydrogens (primary N) is 1. The third kappa shape index (κ3) is 4.53. The first-order chi connectivity index (χ1) is 15.0. The monoisotopic (exact) mass is 419 g/mol. The standard InChI is InChI=1S/C21H21N7O3/c22-19(29)16-11-18(23-13-16)21(31)27-7-4-14(5-8-27)12-24-20(30)15-2-1-3-17(10-15)28-9-6-25-26-28/h1-4,6,9-11,13,23H,5,7-8,12H2,(H2,22,29)(H,24,30). The van der Waals surface area contributed by atoms with E-state index in [2.05, 4.69) is 20.6 Å². The summed E-state index contributed by atoms with van der Waals surface area (Å²) in [7, 11) is 0. The van der Waals surface area contributed by atoms with Gasteiger partial charge in [0.05, 0.1) is 23.6 Å². The highest BCUT2D eigenvalue weighted by atomic mass is 16.2. The van der Waals surface area contributed by atoms with Crippen LogP contribution in [0.3, 0.4) is 0 Å². The van der Waals surface area contributed by atoms with Gasteiger partial charge in [0.25, 0.3) is 11.8 Å². The second-order valence-electron chi connectivity index (χ2n) is 7.11. The van der Waals surface area contributed by atoms with Crippen molar-refractivity contribution in [1.82, 2.24) is 30.2 Å². The number of nitrogens with one attached hydrogen (secondary N) is 2. The van der Waals surface area contributed by atoms with E-state index < -0.39 is 5.91 Å². The number of carbonyl (C=O) groups is 3. The molecule has 1 aromatic carbocycles. The SMILES string of the molecule is NC(=O)c1c[nH]c(C(=O)N2CC=C(CNC(=O)c3cccc(-n4ccnn4)c3)CC2)c1. The highest BCUT2D eigenvalue weighted by Gasteiger charge is 2.21. The first-order valence-electron chi connectivity index (χ1n) is 9.71. The van der Waals surface area contributed by atoms with Gasteiger partial charge >= 0.3 is 0 Å². The number of hydrogen-bond acceptors (Lipinski definition) is 5. The number of carbonyl (C=O) groups excluding carboxylic acids is 3. The number of aromatic amines is 1. The molecule has 0 aliphatic carbocycles. The molecule has 0 spiro atoms. The molecular formula is C21H21N7O3. The van der Waals surface area contributed by atoms with E-state index in [1.54, 1.807) is 40.2 Å². The van der Waals surface area contributed by atoms with Gasteiger partial charge in [0.2, 0.25) is 5.91 Å². The summed E-state index contributed by atoms with van der Waals surface area (Å²) in [5.74, 6) is -0.970. The highest BCUT2D eigenvalue weighted by molar-refractivity contribution is 5.98. The summed E-state index contributed by atoms with van der Waals surface area (Å²) in [5.41, 5.74) is 8.14. The molecule has 3 aromatic rings. The third-order valence-corrected chi connectivity index (χ3v) is 5.06. The number of H-pyrrole nitrogens is 1. The highest BCUT2D eigenvalue weighted by Crippen LogP contribution is 2.15. The maximum Gasteiger partial charge on any atom is 0.270 e. The molecule has 31 heavy (non-hydrogen) atoms. The minimum Gasteiger partial charge on any atom is -0.366 e. The lowest BCUT2D eigenvalue weighted by Crippen LogP contribution is -2.37. The maximum absolute atomic E-state index is 12.6. The van der Waals surface area contributed by atoms with E-state index >= 15 is 0 Å². The fourth-order valence-corrected chi connectivity index (χ4v) is 3.32. The summed E-state index contributed by atoms with van der Waals surface area (Å²) >= 11 is 0. The molecule has 0 unspecified atom stereocenters. The van der Waals surface area contributed by atoms with Gasteiger partial charge in [-0.3, -0.25) is 14.4 Å². The lowest BCUT2D eigenvalue weighted by atomic mass is 10.1. The minimum atomic E-state index is -0.585. The first kappa shape index (κ1) is 20.1. The molecular weight excluding hydrogens is 398 g/mol. The van der Waals surface area contributed by atoms with Crippen LogP contribution in [-0.2, 0) is 0 Å². The zero-order valence-electron chi connectivity index (χ0n) is 16.6. The Bertz CT molecular complexity index is 1150. The Hall–Kier alpha value is -4.21. The van der Waals surface area contributed by atoms with Crippen LogP contribution in [0.2, 0.25) is 0 Å². The van der Waals surface area contributed by atoms with Gasteiger partial charge in [-0.15, -0.1) is 5.10 Å². The number of benzene rings is 1. The largest absolute Gasteiger partial charge is 0.366 e. The lowest BCUT2D eigenvalue weighted by molar-refractivity contribution is 0.0762. The summed E-state index contributed by atoms with van der Waals surface area (Å²) < 4.78 is 1.59. The summed E-state index contributed by atoms with van der Waals surface area (Å²) in [4.78, 5) is 40.7. The molecule has 0 saturated heterocycles. The predicted octanol–water partition coefficient (Wildman–Crippen LogP) is 0.897. The molecule has 10 nitrogen and oxygen atoms in total. The van der Waals surface area contributed by atoms with Crippen LogP contribution in [0.5, 0.6) is 0 Å². The van der Waals surface area contributed by atoms with Gasteiger partial charge < -0.3 is 20.9 Å². The van der Waals surface area contributed by atoms with Crippen LogP contribution in [-0.4, -0.2) is 62.2 Å². The number of nitrogens with zero attached hydrogens (tertiary/aromatic N) is 4. The van der Waals surface area contributed by atoms with Gasteiger partial charge in [0.1, 0.15) is 5.69 Å². The Labute approximate surface area is 177 Å². The molecule has 1 aliphatic rings. The van der Waals surface area contributed by atoms with Crippen LogP contribution in [0.15, 0.2) is 60.6 Å². The van der Waals surface area contributed by atoms with E-state index in [1.165, 1.54) is 12.3 Å². The Kier molecular flexibility index (Phi) is 5.61. The minimum absolute atomic E-state index is 0.188. The zero-order valence-corrected chi connectivity index (χ0v) is 16.6. The molecule has 0 atom stereocenters. The third-order valence-electron chi connectivity index (χ3n) is 5.06. The number of hydrogen-bond donors (Lipinski definition) is 3. The van der Waals surface area contributed by atoms with Gasteiger partial charge in [0.15, 0.2) is 0 Å². The lowest BCUT2D eigenvalue weighted by Gasteiger charge is -2.26. The smallest absolute Gasteiger partial charge is 0.270 e. The van der Waals surface area contributed by atoms with Gasteiger partial charge in [-0.1, -0.05) is 22.9 Å². The Morgan fingerprint density at radius 1 is 1.19 bits per heavy atom. The predicted molar refractivity (Wildman–Crippen MR) is 112 cm³/mol. The van der Waals surface area contributed by atoms with Crippen LogP contribution < -0.4 is 11.1 Å². The van der Waals surface area contributed by atoms with Crippen LogP contribution in [0, 0.1) is 0 Å². The molecule has 0 bridgehead atoms. The van der Waals surface area contributed by atoms with Crippen LogP contribution >= 0.6 is 0 Å². The van der Waals surface area contributed by atoms with E-state index in [-0.39, 0.29) is 17.4 Å². The molecule has 3 amide bonds. The van der Waals surface area contributed by atoms with Gasteiger partial charge in [-0.25, -0.2) is 4.68 Å². The van der Waals surface area contributed by atoms with Crippen molar-refractivity contribution in [3.05, 3.63) is 77.4 Å².